The Bertz CT molecular complexity index is 1080. The average molecular weight is 557 g/mol. The van der Waals surface area contributed by atoms with Crippen molar-refractivity contribution in [3.63, 3.8) is 0 Å². The van der Waals surface area contributed by atoms with Crippen molar-refractivity contribution in [2.24, 2.45) is 5.92 Å². The molecule has 39 heavy (non-hydrogen) atoms. The molecule has 7 N–H and O–H groups in total. The van der Waals surface area contributed by atoms with Gasteiger partial charge in [-0.2, -0.15) is 0 Å². The van der Waals surface area contributed by atoms with Gasteiger partial charge in [0.2, 0.25) is 6.29 Å². The summed E-state index contributed by atoms with van der Waals surface area (Å²) in [5.41, 5.74) is 0.359. The van der Waals surface area contributed by atoms with E-state index in [1.165, 1.54) is 18.2 Å². The lowest BCUT2D eigenvalue weighted by Crippen LogP contribution is -2.60. The zero-order valence-corrected chi connectivity index (χ0v) is 21.1. The molecule has 0 spiro atoms. The molecule has 1 saturated heterocycles. The fourth-order valence-corrected chi connectivity index (χ4v) is 4.17. The number of esters is 2. The maximum atomic E-state index is 12.7. The van der Waals surface area contributed by atoms with Crippen molar-refractivity contribution in [1.29, 1.82) is 0 Å². The molecule has 14 nitrogen and oxygen atoms in total. The van der Waals surface area contributed by atoms with Crippen molar-refractivity contribution >= 4 is 11.9 Å². The lowest BCUT2D eigenvalue weighted by molar-refractivity contribution is -0.327. The predicted octanol–water partition coefficient (Wildman–Crippen LogP) is -1.14. The lowest BCUT2D eigenvalue weighted by Gasteiger charge is -2.41. The van der Waals surface area contributed by atoms with Crippen LogP contribution in [-0.4, -0.2) is 105 Å². The molecule has 1 aromatic carbocycles. The van der Waals surface area contributed by atoms with Crippen molar-refractivity contribution in [2.45, 2.75) is 56.4 Å². The second-order valence-electron chi connectivity index (χ2n) is 8.86. The van der Waals surface area contributed by atoms with E-state index in [0.29, 0.717) is 0 Å². The van der Waals surface area contributed by atoms with Gasteiger partial charge in [-0.3, -0.25) is 4.79 Å². The summed E-state index contributed by atoms with van der Waals surface area (Å²) in [6.45, 7) is 0.394. The maximum absolute atomic E-state index is 12.7. The van der Waals surface area contributed by atoms with E-state index in [4.69, 9.17) is 23.7 Å². The first-order valence-corrected chi connectivity index (χ1v) is 11.9. The van der Waals surface area contributed by atoms with Gasteiger partial charge in [-0.05, 0) is 24.6 Å². The van der Waals surface area contributed by atoms with Crippen molar-refractivity contribution in [3.05, 3.63) is 47.2 Å². The number of ether oxygens (including phenoxy) is 5. The van der Waals surface area contributed by atoms with Crippen molar-refractivity contribution in [2.75, 3.05) is 20.3 Å². The Balaban J connectivity index is 1.74. The van der Waals surface area contributed by atoms with Crippen LogP contribution in [0.2, 0.25) is 0 Å². The van der Waals surface area contributed by atoms with Crippen LogP contribution in [0.5, 0.6) is 11.5 Å². The monoisotopic (exact) mass is 556 g/mol. The van der Waals surface area contributed by atoms with Crippen molar-refractivity contribution in [1.82, 2.24) is 0 Å². The third-order valence-electron chi connectivity index (χ3n) is 6.39. The first-order valence-electron chi connectivity index (χ1n) is 11.9. The average Bonchev–Trinajstić information content (AvgIpc) is 2.93. The summed E-state index contributed by atoms with van der Waals surface area (Å²) in [5, 5.41) is 69.1. The molecule has 0 aromatic heterocycles. The molecule has 8 atom stereocenters. The Hall–Kier alpha value is -3.24. The Morgan fingerprint density at radius 1 is 1.10 bits per heavy atom. The van der Waals surface area contributed by atoms with Crippen LogP contribution in [0.25, 0.3) is 0 Å². The SMILES string of the molecule is C/C=C1/[C@H](O[C@@H]2O[C@H](CO)[C@@H](O)[C@H](O)[C@H]2O)OC=C(C(=O)OC)[C@H]1CC(=O)OC[C@H](O)c1ccc(O)c(O)c1. The number of benzene rings is 1. The molecule has 2 aliphatic heterocycles. The van der Waals surface area contributed by atoms with Crippen LogP contribution in [0.3, 0.4) is 0 Å². The molecule has 0 amide bonds. The highest BCUT2D eigenvalue weighted by Gasteiger charge is 2.46. The van der Waals surface area contributed by atoms with Gasteiger partial charge in [-0.1, -0.05) is 12.1 Å². The highest BCUT2D eigenvalue weighted by atomic mass is 16.8. The molecule has 0 radical (unpaired) electrons. The molecule has 3 rings (SSSR count). The molecule has 2 heterocycles. The van der Waals surface area contributed by atoms with Gasteiger partial charge in [0.15, 0.2) is 17.8 Å². The summed E-state index contributed by atoms with van der Waals surface area (Å²) in [7, 11) is 1.13. The molecule has 1 fully saturated rings. The molecule has 0 unspecified atom stereocenters. The largest absolute Gasteiger partial charge is 0.504 e. The van der Waals surface area contributed by atoms with Crippen LogP contribution in [0.4, 0.5) is 0 Å². The molecule has 0 aliphatic carbocycles. The van der Waals surface area contributed by atoms with Gasteiger partial charge in [-0.15, -0.1) is 0 Å². The van der Waals surface area contributed by atoms with Crippen LogP contribution < -0.4 is 0 Å². The Morgan fingerprint density at radius 2 is 1.82 bits per heavy atom. The zero-order valence-electron chi connectivity index (χ0n) is 21.1. The number of rotatable bonds is 9. The Labute approximate surface area is 222 Å². The smallest absolute Gasteiger partial charge is 0.337 e. The fraction of sp³-hybridized carbons (Fsp3) is 0.520. The molecular weight excluding hydrogens is 524 g/mol. The lowest BCUT2D eigenvalue weighted by atomic mass is 9.86. The summed E-state index contributed by atoms with van der Waals surface area (Å²) < 4.78 is 26.5. The van der Waals surface area contributed by atoms with Gasteiger partial charge in [0.05, 0.1) is 32.0 Å². The summed E-state index contributed by atoms with van der Waals surface area (Å²) in [4.78, 5) is 25.1. The van der Waals surface area contributed by atoms with Crippen LogP contribution in [0.15, 0.2) is 41.7 Å². The quantitative estimate of drug-likeness (QED) is 0.109. The first-order chi connectivity index (χ1) is 18.5. The molecule has 1 aromatic rings. The van der Waals surface area contributed by atoms with Gasteiger partial charge in [0.1, 0.15) is 37.1 Å². The summed E-state index contributed by atoms with van der Waals surface area (Å²) in [5.74, 6) is -3.48. The number of phenols is 2. The van der Waals surface area contributed by atoms with Gasteiger partial charge < -0.3 is 59.4 Å². The number of phenolic OH excluding ortho intramolecular Hbond substituents is 2. The van der Waals surface area contributed by atoms with E-state index in [9.17, 15) is 45.3 Å². The Morgan fingerprint density at radius 3 is 2.44 bits per heavy atom. The molecule has 0 bridgehead atoms. The number of hydrogen-bond acceptors (Lipinski definition) is 14. The normalized spacial score (nSPS) is 30.7. The number of aliphatic hydroxyl groups excluding tert-OH is 5. The number of methoxy groups -OCH3 is 1. The highest BCUT2D eigenvalue weighted by Crippen LogP contribution is 2.36. The minimum absolute atomic E-state index is 0.0554. The van der Waals surface area contributed by atoms with Gasteiger partial charge in [0.25, 0.3) is 0 Å². The van der Waals surface area contributed by atoms with Gasteiger partial charge >= 0.3 is 11.9 Å². The predicted molar refractivity (Wildman–Crippen MR) is 127 cm³/mol. The minimum Gasteiger partial charge on any atom is -0.504 e. The van der Waals surface area contributed by atoms with Gasteiger partial charge in [0, 0.05) is 11.5 Å². The molecule has 0 saturated carbocycles. The Kier molecular flexibility index (Phi) is 10.3. The van der Waals surface area contributed by atoms with E-state index in [0.717, 1.165) is 19.4 Å². The number of hydrogen-bond donors (Lipinski definition) is 7. The van der Waals surface area contributed by atoms with Crippen LogP contribution >= 0.6 is 0 Å². The van der Waals surface area contributed by atoms with E-state index in [-0.39, 0.29) is 22.5 Å². The van der Waals surface area contributed by atoms with Crippen LogP contribution in [-0.2, 0) is 33.3 Å². The number of aromatic hydroxyl groups is 2. The van der Waals surface area contributed by atoms with Crippen LogP contribution in [0.1, 0.15) is 25.0 Å². The number of carbonyl (C=O) groups is 2. The van der Waals surface area contributed by atoms with Crippen molar-refractivity contribution in [3.8, 4) is 11.5 Å². The standard InChI is InChI=1S/C25H32O14/c1-3-12-13(7-19(30)36-10-17(29)11-4-5-15(27)16(28)6-11)14(23(34)35-2)9-37-24(12)39-25-22(33)21(32)20(31)18(8-26)38-25/h3-6,9,13,17-18,20-22,24-29,31-33H,7-8,10H2,1-2H3/b12-3+/t13-,17-,18+,20+,21-,22+,24-,25-/m0/s1. The molecular formula is C25H32O14. The van der Waals surface area contributed by atoms with E-state index in [2.05, 4.69) is 0 Å². The third kappa shape index (κ3) is 6.86. The molecule has 2 aliphatic rings. The third-order valence-corrected chi connectivity index (χ3v) is 6.39. The first kappa shape index (κ1) is 30.3. The maximum Gasteiger partial charge on any atom is 0.337 e. The number of carbonyl (C=O) groups excluding carboxylic acids is 2. The summed E-state index contributed by atoms with van der Waals surface area (Å²) in [6, 6.07) is 3.62. The fourth-order valence-electron chi connectivity index (χ4n) is 4.17. The topological polar surface area (TPSA) is 222 Å². The number of aliphatic hydroxyl groups is 5. The van der Waals surface area contributed by atoms with Crippen LogP contribution in [0, 0.1) is 5.92 Å². The van der Waals surface area contributed by atoms with E-state index < -0.39 is 86.3 Å². The number of allylic oxidation sites excluding steroid dienone is 1. The van der Waals surface area contributed by atoms with E-state index in [1.807, 2.05) is 0 Å². The highest BCUT2D eigenvalue weighted by molar-refractivity contribution is 5.90. The second-order valence-corrected chi connectivity index (χ2v) is 8.86. The summed E-state index contributed by atoms with van der Waals surface area (Å²) >= 11 is 0. The van der Waals surface area contributed by atoms with Crippen molar-refractivity contribution < 1.29 is 69.0 Å². The minimum atomic E-state index is -1.72. The second kappa shape index (κ2) is 13.2. The molecule has 14 heteroatoms. The van der Waals surface area contributed by atoms with E-state index in [1.54, 1.807) is 6.92 Å². The molecule has 216 valence electrons. The summed E-state index contributed by atoms with van der Waals surface area (Å²) in [6.07, 6.45) is -8.39. The van der Waals surface area contributed by atoms with Gasteiger partial charge in [-0.25, -0.2) is 4.79 Å². The van der Waals surface area contributed by atoms with E-state index >= 15 is 0 Å². The zero-order chi connectivity index (χ0) is 28.9.